The molecule has 7 nitrogen and oxygen atoms in total. The maximum absolute atomic E-state index is 13.1. The lowest BCUT2D eigenvalue weighted by Gasteiger charge is -2.35. The Kier molecular flexibility index (Phi) is 5.32. The van der Waals surface area contributed by atoms with Gasteiger partial charge in [-0.1, -0.05) is 11.6 Å². The van der Waals surface area contributed by atoms with Gasteiger partial charge < -0.3 is 14.5 Å². The minimum Gasteiger partial charge on any atom is -0.464 e. The minimum atomic E-state index is -0.546. The number of anilines is 1. The highest BCUT2D eigenvalue weighted by Crippen LogP contribution is 2.21. The van der Waals surface area contributed by atoms with E-state index < -0.39 is 11.8 Å². The number of methoxy groups -OCH3 is 1. The van der Waals surface area contributed by atoms with Crippen molar-refractivity contribution in [1.29, 1.82) is 0 Å². The molecule has 26 heavy (non-hydrogen) atoms. The van der Waals surface area contributed by atoms with Crippen LogP contribution in [0.2, 0.25) is 5.02 Å². The molecule has 0 N–H and O–H groups in total. The van der Waals surface area contributed by atoms with E-state index in [1.165, 1.54) is 19.2 Å². The largest absolute Gasteiger partial charge is 0.464 e. The van der Waals surface area contributed by atoms with Crippen LogP contribution in [0.15, 0.2) is 30.3 Å². The molecule has 0 spiro atoms. The number of carbonyl (C=O) groups is 2. The molecule has 1 aliphatic heterocycles. The van der Waals surface area contributed by atoms with Gasteiger partial charge in [-0.15, -0.1) is 10.2 Å². The summed E-state index contributed by atoms with van der Waals surface area (Å²) in [5.41, 5.74) is 0.416. The molecule has 0 aliphatic carbocycles. The zero-order valence-electron chi connectivity index (χ0n) is 14.0. The van der Waals surface area contributed by atoms with E-state index in [-0.39, 0.29) is 22.2 Å². The molecule has 1 aromatic heterocycles. The summed E-state index contributed by atoms with van der Waals surface area (Å²) in [6.07, 6.45) is 0. The molecule has 1 aromatic carbocycles. The summed E-state index contributed by atoms with van der Waals surface area (Å²) in [6, 6.07) is 6.97. The van der Waals surface area contributed by atoms with E-state index in [0.29, 0.717) is 32.0 Å². The molecular weight excluding hydrogens is 363 g/mol. The van der Waals surface area contributed by atoms with Crippen LogP contribution < -0.4 is 4.90 Å². The van der Waals surface area contributed by atoms with Crippen LogP contribution in [0.4, 0.5) is 10.2 Å². The topological polar surface area (TPSA) is 75.6 Å². The maximum atomic E-state index is 13.1. The lowest BCUT2D eigenvalue weighted by molar-refractivity contribution is 0.0592. The lowest BCUT2D eigenvalue weighted by atomic mass is 10.1. The first-order valence-corrected chi connectivity index (χ1v) is 8.28. The van der Waals surface area contributed by atoms with Crippen molar-refractivity contribution in [3.05, 3.63) is 52.4 Å². The Morgan fingerprint density at radius 1 is 1.12 bits per heavy atom. The number of piperazine rings is 1. The third-order valence-electron chi connectivity index (χ3n) is 4.10. The smallest absolute Gasteiger partial charge is 0.358 e. The Morgan fingerprint density at radius 2 is 1.85 bits per heavy atom. The molecule has 136 valence electrons. The van der Waals surface area contributed by atoms with E-state index in [1.54, 1.807) is 17.0 Å². The number of aromatic nitrogens is 2. The third-order valence-corrected chi connectivity index (χ3v) is 4.41. The van der Waals surface area contributed by atoms with E-state index in [4.69, 9.17) is 11.6 Å². The van der Waals surface area contributed by atoms with Crippen molar-refractivity contribution in [2.75, 3.05) is 38.2 Å². The molecule has 2 aromatic rings. The minimum absolute atomic E-state index is 0.0988. The predicted octanol–water partition coefficient (Wildman–Crippen LogP) is 2.02. The molecule has 0 saturated carbocycles. The number of hydrogen-bond acceptors (Lipinski definition) is 6. The Bertz CT molecular complexity index is 823. The van der Waals surface area contributed by atoms with Crippen molar-refractivity contribution < 1.29 is 18.7 Å². The quantitative estimate of drug-likeness (QED) is 0.761. The first-order chi connectivity index (χ1) is 12.5. The second kappa shape index (κ2) is 7.65. The Balaban J connectivity index is 1.63. The number of nitrogens with zero attached hydrogens (tertiary/aromatic N) is 4. The molecule has 9 heteroatoms. The van der Waals surface area contributed by atoms with E-state index in [0.717, 1.165) is 6.07 Å². The average molecular weight is 379 g/mol. The summed E-state index contributed by atoms with van der Waals surface area (Å²) >= 11 is 5.97. The van der Waals surface area contributed by atoms with Crippen molar-refractivity contribution >= 4 is 29.3 Å². The molecule has 0 bridgehead atoms. The van der Waals surface area contributed by atoms with E-state index in [1.807, 2.05) is 4.90 Å². The molecule has 1 amide bonds. The number of esters is 1. The van der Waals surface area contributed by atoms with Crippen molar-refractivity contribution in [2.45, 2.75) is 0 Å². The molecule has 1 saturated heterocycles. The summed E-state index contributed by atoms with van der Waals surface area (Å²) in [7, 11) is 1.28. The first-order valence-electron chi connectivity index (χ1n) is 7.91. The summed E-state index contributed by atoms with van der Waals surface area (Å²) in [6.45, 7) is 2.04. The molecule has 1 fully saturated rings. The van der Waals surface area contributed by atoms with Gasteiger partial charge in [0.15, 0.2) is 11.5 Å². The summed E-state index contributed by atoms with van der Waals surface area (Å²) in [4.78, 5) is 27.6. The van der Waals surface area contributed by atoms with Gasteiger partial charge in [0.1, 0.15) is 5.82 Å². The highest BCUT2D eigenvalue weighted by Gasteiger charge is 2.24. The predicted molar refractivity (Wildman–Crippen MR) is 92.9 cm³/mol. The van der Waals surface area contributed by atoms with Crippen LogP contribution in [0.3, 0.4) is 0 Å². The third kappa shape index (κ3) is 3.75. The monoisotopic (exact) mass is 378 g/mol. The van der Waals surface area contributed by atoms with E-state index in [9.17, 15) is 14.0 Å². The number of hydrogen-bond donors (Lipinski definition) is 0. The van der Waals surface area contributed by atoms with Crippen LogP contribution in [0, 0.1) is 5.82 Å². The maximum Gasteiger partial charge on any atom is 0.358 e. The Morgan fingerprint density at radius 3 is 2.42 bits per heavy atom. The molecule has 2 heterocycles. The van der Waals surface area contributed by atoms with Crippen molar-refractivity contribution in [1.82, 2.24) is 15.1 Å². The van der Waals surface area contributed by atoms with Gasteiger partial charge in [0.25, 0.3) is 5.91 Å². The summed E-state index contributed by atoms with van der Waals surface area (Å²) in [5, 5.41) is 7.98. The van der Waals surface area contributed by atoms with Crippen LogP contribution >= 0.6 is 11.6 Å². The van der Waals surface area contributed by atoms with Gasteiger partial charge in [-0.05, 0) is 30.3 Å². The first kappa shape index (κ1) is 18.1. The number of ether oxygens (including phenoxy) is 1. The summed E-state index contributed by atoms with van der Waals surface area (Å²) < 4.78 is 17.7. The molecule has 1 aliphatic rings. The van der Waals surface area contributed by atoms with Crippen molar-refractivity contribution in [3.8, 4) is 0 Å². The van der Waals surface area contributed by atoms with Crippen LogP contribution in [-0.2, 0) is 4.74 Å². The molecule has 3 rings (SSSR count). The molecular formula is C17H16ClFN4O3. The van der Waals surface area contributed by atoms with Gasteiger partial charge >= 0.3 is 5.97 Å². The normalized spacial score (nSPS) is 14.3. The standard InChI is InChI=1S/C17H16ClFN4O3/c1-26-17(25)14-4-5-15(21-20-14)22-6-8-23(9-7-22)16(24)12-3-2-11(19)10-13(12)18/h2-5,10H,6-9H2,1H3. The van der Waals surface area contributed by atoms with E-state index >= 15 is 0 Å². The van der Waals surface area contributed by atoms with Crippen LogP contribution in [0.1, 0.15) is 20.8 Å². The number of rotatable bonds is 3. The zero-order chi connectivity index (χ0) is 18.7. The lowest BCUT2D eigenvalue weighted by Crippen LogP contribution is -2.49. The second-order valence-electron chi connectivity index (χ2n) is 5.67. The fourth-order valence-corrected chi connectivity index (χ4v) is 2.93. The van der Waals surface area contributed by atoms with Crippen LogP contribution in [-0.4, -0.2) is 60.3 Å². The highest BCUT2D eigenvalue weighted by atomic mass is 35.5. The average Bonchev–Trinajstić information content (AvgIpc) is 2.67. The van der Waals surface area contributed by atoms with Gasteiger partial charge in [-0.3, -0.25) is 4.79 Å². The fourth-order valence-electron chi connectivity index (χ4n) is 2.68. The van der Waals surface area contributed by atoms with Crippen LogP contribution in [0.5, 0.6) is 0 Å². The molecule has 0 radical (unpaired) electrons. The van der Waals surface area contributed by atoms with Crippen molar-refractivity contribution in [2.24, 2.45) is 0 Å². The van der Waals surface area contributed by atoms with Gasteiger partial charge in [-0.2, -0.15) is 0 Å². The number of amides is 1. The SMILES string of the molecule is COC(=O)c1ccc(N2CCN(C(=O)c3ccc(F)cc3Cl)CC2)nn1. The van der Waals surface area contributed by atoms with Gasteiger partial charge in [0.2, 0.25) is 0 Å². The second-order valence-corrected chi connectivity index (χ2v) is 6.08. The van der Waals surface area contributed by atoms with Gasteiger partial charge in [0.05, 0.1) is 17.7 Å². The highest BCUT2D eigenvalue weighted by molar-refractivity contribution is 6.33. The number of halogens is 2. The Hall–Kier alpha value is -2.74. The zero-order valence-corrected chi connectivity index (χ0v) is 14.7. The van der Waals surface area contributed by atoms with Gasteiger partial charge in [0, 0.05) is 26.2 Å². The number of carbonyl (C=O) groups excluding carboxylic acids is 2. The van der Waals surface area contributed by atoms with E-state index in [2.05, 4.69) is 14.9 Å². The fraction of sp³-hybridized carbons (Fsp3) is 0.294. The molecule has 0 atom stereocenters. The van der Waals surface area contributed by atoms with Crippen molar-refractivity contribution in [3.63, 3.8) is 0 Å². The number of benzene rings is 1. The summed E-state index contributed by atoms with van der Waals surface area (Å²) in [5.74, 6) is -0.646. The van der Waals surface area contributed by atoms with Gasteiger partial charge in [-0.25, -0.2) is 9.18 Å². The molecule has 0 unspecified atom stereocenters. The van der Waals surface area contributed by atoms with Crippen LogP contribution in [0.25, 0.3) is 0 Å². The Labute approximate surface area is 154 Å².